The van der Waals surface area contributed by atoms with E-state index in [1.165, 1.54) is 5.39 Å². The minimum atomic E-state index is 1.08. The van der Waals surface area contributed by atoms with Crippen LogP contribution in [-0.2, 0) is 0 Å². The van der Waals surface area contributed by atoms with Gasteiger partial charge in [0.2, 0.25) is 0 Å². The van der Waals surface area contributed by atoms with E-state index >= 15 is 0 Å². The summed E-state index contributed by atoms with van der Waals surface area (Å²) in [5.74, 6) is 0. The molecule has 2 aromatic rings. The summed E-state index contributed by atoms with van der Waals surface area (Å²) in [6.45, 7) is 0. The van der Waals surface area contributed by atoms with E-state index in [1.54, 1.807) is 0 Å². The predicted molar refractivity (Wildman–Crippen MR) is 66.4 cm³/mol. The van der Waals surface area contributed by atoms with Gasteiger partial charge >= 0.3 is 0 Å². The number of rotatable bonds is 0. The maximum Gasteiger partial charge on any atom is 0.0782 e. The second-order valence-corrected chi connectivity index (χ2v) is 5.34. The van der Waals surface area contributed by atoms with E-state index < -0.39 is 0 Å². The Morgan fingerprint density at radius 1 is 1.08 bits per heavy atom. The molecule has 0 saturated carbocycles. The number of fused-ring (bicyclic) bond motifs is 1. The Labute approximate surface area is 100 Å². The topological polar surface area (TPSA) is 15.8 Å². The van der Waals surface area contributed by atoms with Crippen LogP contribution in [0.25, 0.3) is 10.9 Å². The number of benzene rings is 1. The lowest BCUT2D eigenvalue weighted by Crippen LogP contribution is -1.71. The van der Waals surface area contributed by atoms with Crippen LogP contribution >= 0.6 is 54.5 Å². The maximum atomic E-state index is 3.46. The average molecular weight is 401 g/mol. The first-order chi connectivity index (χ1) is 5.66. The largest absolute Gasteiger partial charge is 0.350 e. The Balaban J connectivity index is 2.83. The molecule has 0 unspecified atom stereocenters. The zero-order valence-electron chi connectivity index (χ0n) is 5.87. The SMILES string of the molecule is Brc1cc2cc(I)[nH]c2cc1Br. The first-order valence-corrected chi connectivity index (χ1v) is 5.96. The van der Waals surface area contributed by atoms with Gasteiger partial charge in [0.05, 0.1) is 3.70 Å². The second kappa shape index (κ2) is 3.31. The summed E-state index contributed by atoms with van der Waals surface area (Å²) in [6, 6.07) is 6.28. The Morgan fingerprint density at radius 3 is 2.50 bits per heavy atom. The van der Waals surface area contributed by atoms with E-state index in [2.05, 4.69) is 77.6 Å². The quantitative estimate of drug-likeness (QED) is 0.635. The van der Waals surface area contributed by atoms with Crippen LogP contribution in [0.4, 0.5) is 0 Å². The van der Waals surface area contributed by atoms with Gasteiger partial charge in [-0.3, -0.25) is 0 Å². The number of aromatic amines is 1. The van der Waals surface area contributed by atoms with Crippen molar-refractivity contribution in [1.82, 2.24) is 4.98 Å². The highest BCUT2D eigenvalue weighted by Gasteiger charge is 2.02. The molecule has 62 valence electrons. The standard InChI is InChI=1S/C8H4Br2IN/c9-5-1-4-2-8(11)12-7(4)3-6(5)10/h1-3,12H. The molecule has 0 aliphatic heterocycles. The maximum absolute atomic E-state index is 3.46. The molecule has 0 radical (unpaired) electrons. The van der Waals surface area contributed by atoms with Crippen molar-refractivity contribution in [3.63, 3.8) is 0 Å². The van der Waals surface area contributed by atoms with Crippen LogP contribution in [0.2, 0.25) is 0 Å². The Hall–Kier alpha value is 0.450. The lowest BCUT2D eigenvalue weighted by atomic mass is 10.3. The van der Waals surface area contributed by atoms with Gasteiger partial charge in [0.15, 0.2) is 0 Å². The normalized spacial score (nSPS) is 10.9. The Kier molecular flexibility index (Phi) is 2.49. The fourth-order valence-corrected chi connectivity index (χ4v) is 2.42. The van der Waals surface area contributed by atoms with Crippen molar-refractivity contribution in [2.24, 2.45) is 0 Å². The van der Waals surface area contributed by atoms with Crippen LogP contribution in [0.5, 0.6) is 0 Å². The van der Waals surface area contributed by atoms with Crippen molar-refractivity contribution >= 4 is 65.4 Å². The molecule has 1 aromatic heterocycles. The third-order valence-corrected chi connectivity index (χ3v) is 4.05. The number of halogens is 3. The molecule has 1 nitrogen and oxygen atoms in total. The van der Waals surface area contributed by atoms with Crippen molar-refractivity contribution in [2.45, 2.75) is 0 Å². The van der Waals surface area contributed by atoms with Crippen LogP contribution in [0.3, 0.4) is 0 Å². The van der Waals surface area contributed by atoms with Gasteiger partial charge in [-0.2, -0.15) is 0 Å². The number of nitrogens with one attached hydrogen (secondary N) is 1. The summed E-state index contributed by atoms with van der Waals surface area (Å²) >= 11 is 9.19. The Morgan fingerprint density at radius 2 is 1.75 bits per heavy atom. The van der Waals surface area contributed by atoms with Gasteiger partial charge in [-0.15, -0.1) is 0 Å². The van der Waals surface area contributed by atoms with Gasteiger partial charge in [-0.1, -0.05) is 0 Å². The fourth-order valence-electron chi connectivity index (χ4n) is 1.09. The van der Waals surface area contributed by atoms with Crippen LogP contribution in [0.15, 0.2) is 27.1 Å². The van der Waals surface area contributed by atoms with Gasteiger partial charge in [-0.25, -0.2) is 0 Å². The summed E-state index contributed by atoms with van der Waals surface area (Å²) in [5.41, 5.74) is 1.16. The molecule has 4 heteroatoms. The Bertz CT molecular complexity index is 397. The highest BCUT2D eigenvalue weighted by atomic mass is 127. The van der Waals surface area contributed by atoms with E-state index in [9.17, 15) is 0 Å². The molecule has 0 spiro atoms. The molecular formula is C8H4Br2IN. The monoisotopic (exact) mass is 399 g/mol. The van der Waals surface area contributed by atoms with Gasteiger partial charge in [0, 0.05) is 19.8 Å². The number of H-pyrrole nitrogens is 1. The highest BCUT2D eigenvalue weighted by molar-refractivity contribution is 14.1. The summed E-state index contributed by atoms with van der Waals surface area (Å²) in [4.78, 5) is 3.26. The molecular weight excluding hydrogens is 397 g/mol. The molecule has 12 heavy (non-hydrogen) atoms. The summed E-state index contributed by atoms with van der Waals surface area (Å²) < 4.78 is 3.33. The first-order valence-electron chi connectivity index (χ1n) is 3.30. The van der Waals surface area contributed by atoms with Crippen molar-refractivity contribution in [3.8, 4) is 0 Å². The minimum absolute atomic E-state index is 1.08. The zero-order chi connectivity index (χ0) is 8.72. The molecule has 0 amide bonds. The van der Waals surface area contributed by atoms with E-state index in [0.29, 0.717) is 0 Å². The lowest BCUT2D eigenvalue weighted by Gasteiger charge is -1.95. The van der Waals surface area contributed by atoms with E-state index in [-0.39, 0.29) is 0 Å². The predicted octanol–water partition coefficient (Wildman–Crippen LogP) is 4.30. The van der Waals surface area contributed by atoms with Gasteiger partial charge in [-0.05, 0) is 72.6 Å². The molecule has 0 aliphatic carbocycles. The minimum Gasteiger partial charge on any atom is -0.350 e. The van der Waals surface area contributed by atoms with Crippen LogP contribution in [0, 0.1) is 3.70 Å². The third-order valence-electron chi connectivity index (χ3n) is 1.63. The van der Waals surface area contributed by atoms with E-state index in [0.717, 1.165) is 18.2 Å². The molecule has 0 aliphatic rings. The molecule has 1 aromatic carbocycles. The lowest BCUT2D eigenvalue weighted by molar-refractivity contribution is 1.40. The molecule has 0 fully saturated rings. The first kappa shape index (κ1) is 9.02. The molecule has 1 heterocycles. The van der Waals surface area contributed by atoms with Gasteiger partial charge in [0.25, 0.3) is 0 Å². The summed E-state index contributed by atoms with van der Waals surface area (Å²) in [7, 11) is 0. The number of hydrogen-bond donors (Lipinski definition) is 1. The third kappa shape index (κ3) is 1.56. The summed E-state index contributed by atoms with van der Waals surface area (Å²) in [6.07, 6.45) is 0. The molecule has 1 N–H and O–H groups in total. The van der Waals surface area contributed by atoms with Crippen molar-refractivity contribution in [3.05, 3.63) is 30.8 Å². The van der Waals surface area contributed by atoms with Gasteiger partial charge in [0.1, 0.15) is 0 Å². The molecule has 2 rings (SSSR count). The van der Waals surface area contributed by atoms with Crippen LogP contribution < -0.4 is 0 Å². The fraction of sp³-hybridized carbons (Fsp3) is 0. The molecule has 0 atom stereocenters. The van der Waals surface area contributed by atoms with Gasteiger partial charge < -0.3 is 4.98 Å². The smallest absolute Gasteiger partial charge is 0.0782 e. The van der Waals surface area contributed by atoms with Crippen LogP contribution in [-0.4, -0.2) is 4.98 Å². The van der Waals surface area contributed by atoms with Crippen molar-refractivity contribution in [2.75, 3.05) is 0 Å². The van der Waals surface area contributed by atoms with E-state index in [1.807, 2.05) is 0 Å². The molecule has 0 bridgehead atoms. The van der Waals surface area contributed by atoms with Crippen LogP contribution in [0.1, 0.15) is 0 Å². The summed E-state index contributed by atoms with van der Waals surface area (Å²) in [5, 5.41) is 1.23. The highest BCUT2D eigenvalue weighted by Crippen LogP contribution is 2.28. The second-order valence-electron chi connectivity index (χ2n) is 2.47. The van der Waals surface area contributed by atoms with Crippen molar-refractivity contribution < 1.29 is 0 Å². The average Bonchev–Trinajstić information content (AvgIpc) is 2.30. The molecule has 0 saturated heterocycles. The number of hydrogen-bond acceptors (Lipinski definition) is 0. The number of aromatic nitrogens is 1. The van der Waals surface area contributed by atoms with Crippen molar-refractivity contribution in [1.29, 1.82) is 0 Å². The van der Waals surface area contributed by atoms with E-state index in [4.69, 9.17) is 0 Å². The zero-order valence-corrected chi connectivity index (χ0v) is 11.2.